The number of aromatic amines is 1. The second-order valence-corrected chi connectivity index (χ2v) is 6.80. The van der Waals surface area contributed by atoms with E-state index in [2.05, 4.69) is 9.97 Å². The third-order valence-electron chi connectivity index (χ3n) is 5.05. The van der Waals surface area contributed by atoms with Crippen LogP contribution in [0.4, 0.5) is 0 Å². The van der Waals surface area contributed by atoms with E-state index in [1.54, 1.807) is 25.2 Å². The van der Waals surface area contributed by atoms with E-state index in [0.717, 1.165) is 16.7 Å². The normalized spacial score (nSPS) is 13.0. The van der Waals surface area contributed by atoms with Crippen molar-refractivity contribution in [2.45, 2.75) is 13.0 Å². The second-order valence-electron chi connectivity index (χ2n) is 6.80. The number of amides is 1. The molecule has 1 amide bonds. The van der Waals surface area contributed by atoms with Crippen molar-refractivity contribution in [1.29, 1.82) is 0 Å². The van der Waals surface area contributed by atoms with Gasteiger partial charge in [0.25, 0.3) is 5.91 Å². The maximum atomic E-state index is 13.1. The zero-order valence-electron chi connectivity index (χ0n) is 16.3. The predicted octanol–water partition coefficient (Wildman–Crippen LogP) is 2.65. The van der Waals surface area contributed by atoms with Crippen LogP contribution in [0.2, 0.25) is 0 Å². The van der Waals surface area contributed by atoms with Crippen molar-refractivity contribution in [1.82, 2.24) is 14.9 Å². The van der Waals surface area contributed by atoms with E-state index < -0.39 is 5.69 Å². The number of carbonyl (C=O) groups excluding carboxylic acids is 1. The predicted molar refractivity (Wildman–Crippen MR) is 108 cm³/mol. The first-order chi connectivity index (χ1) is 14.1. The van der Waals surface area contributed by atoms with Crippen molar-refractivity contribution in [3.05, 3.63) is 75.8 Å². The molecule has 0 spiro atoms. The van der Waals surface area contributed by atoms with Crippen molar-refractivity contribution in [2.24, 2.45) is 0 Å². The average molecular weight is 391 g/mol. The molecule has 0 saturated carbocycles. The smallest absolute Gasteiger partial charge is 0.346 e. The van der Waals surface area contributed by atoms with E-state index >= 15 is 0 Å². The largest absolute Gasteiger partial charge is 0.493 e. The highest BCUT2D eigenvalue weighted by atomic mass is 16.5. The Balaban J connectivity index is 1.63. The SMILES string of the molecule is COc1cc2c(cc1OC)CN(C(=O)c1cc(-c3ccccc3)nc(=O)[nH]1)CC2. The molecule has 7 heteroatoms. The van der Waals surface area contributed by atoms with Gasteiger partial charge in [-0.2, -0.15) is 4.98 Å². The van der Waals surface area contributed by atoms with Crippen molar-refractivity contribution in [3.8, 4) is 22.8 Å². The molecule has 1 N–H and O–H groups in total. The zero-order valence-corrected chi connectivity index (χ0v) is 16.3. The molecular formula is C22H21N3O4. The highest BCUT2D eigenvalue weighted by Crippen LogP contribution is 2.33. The monoisotopic (exact) mass is 391 g/mol. The first-order valence-corrected chi connectivity index (χ1v) is 9.29. The van der Waals surface area contributed by atoms with E-state index in [4.69, 9.17) is 9.47 Å². The van der Waals surface area contributed by atoms with Crippen LogP contribution in [-0.2, 0) is 13.0 Å². The van der Waals surface area contributed by atoms with Crippen LogP contribution in [0.15, 0.2) is 53.3 Å². The van der Waals surface area contributed by atoms with Gasteiger partial charge in [-0.1, -0.05) is 30.3 Å². The van der Waals surface area contributed by atoms with Crippen molar-refractivity contribution in [3.63, 3.8) is 0 Å². The summed E-state index contributed by atoms with van der Waals surface area (Å²) in [6, 6.07) is 14.8. The van der Waals surface area contributed by atoms with E-state index in [9.17, 15) is 9.59 Å². The van der Waals surface area contributed by atoms with Crippen LogP contribution in [0.1, 0.15) is 21.6 Å². The Bertz CT molecular complexity index is 1110. The fraction of sp³-hybridized carbons (Fsp3) is 0.227. The number of nitrogens with zero attached hydrogens (tertiary/aromatic N) is 2. The maximum absolute atomic E-state index is 13.1. The van der Waals surface area contributed by atoms with Crippen LogP contribution in [0.25, 0.3) is 11.3 Å². The topological polar surface area (TPSA) is 84.5 Å². The molecule has 4 rings (SSSR count). The summed E-state index contributed by atoms with van der Waals surface area (Å²) in [7, 11) is 3.19. The Morgan fingerprint density at radius 3 is 2.41 bits per heavy atom. The molecule has 29 heavy (non-hydrogen) atoms. The van der Waals surface area contributed by atoms with Gasteiger partial charge in [0.2, 0.25) is 0 Å². The third-order valence-corrected chi connectivity index (χ3v) is 5.05. The fourth-order valence-electron chi connectivity index (χ4n) is 3.56. The summed E-state index contributed by atoms with van der Waals surface area (Å²) in [5.74, 6) is 1.07. The Labute approximate surface area is 167 Å². The number of H-pyrrole nitrogens is 1. The molecule has 148 valence electrons. The van der Waals surface area contributed by atoms with Crippen LogP contribution >= 0.6 is 0 Å². The molecule has 1 aliphatic heterocycles. The van der Waals surface area contributed by atoms with Gasteiger partial charge in [0.05, 0.1) is 19.9 Å². The quantitative estimate of drug-likeness (QED) is 0.739. The number of benzene rings is 2. The molecular weight excluding hydrogens is 370 g/mol. The number of fused-ring (bicyclic) bond motifs is 1. The lowest BCUT2D eigenvalue weighted by molar-refractivity contribution is 0.0728. The van der Waals surface area contributed by atoms with Crippen LogP contribution < -0.4 is 15.2 Å². The first-order valence-electron chi connectivity index (χ1n) is 9.29. The summed E-state index contributed by atoms with van der Waals surface area (Å²) in [6.07, 6.45) is 0.697. The Morgan fingerprint density at radius 1 is 1.03 bits per heavy atom. The molecule has 0 saturated heterocycles. The van der Waals surface area contributed by atoms with Crippen molar-refractivity contribution >= 4 is 5.91 Å². The molecule has 1 aromatic heterocycles. The molecule has 0 unspecified atom stereocenters. The van der Waals surface area contributed by atoms with Gasteiger partial charge in [-0.15, -0.1) is 0 Å². The number of hydrogen-bond donors (Lipinski definition) is 1. The Kier molecular flexibility index (Phi) is 5.03. The van der Waals surface area contributed by atoms with Crippen molar-refractivity contribution < 1.29 is 14.3 Å². The molecule has 3 aromatic rings. The summed E-state index contributed by atoms with van der Waals surface area (Å²) < 4.78 is 10.7. The summed E-state index contributed by atoms with van der Waals surface area (Å²) in [5, 5.41) is 0. The van der Waals surface area contributed by atoms with Gasteiger partial charge >= 0.3 is 5.69 Å². The minimum Gasteiger partial charge on any atom is -0.493 e. The first kappa shape index (κ1) is 18.7. The lowest BCUT2D eigenvalue weighted by atomic mass is 9.98. The van der Waals surface area contributed by atoms with Gasteiger partial charge in [-0.25, -0.2) is 4.79 Å². The lowest BCUT2D eigenvalue weighted by Crippen LogP contribution is -2.37. The lowest BCUT2D eigenvalue weighted by Gasteiger charge is -2.29. The Morgan fingerprint density at radius 2 is 1.72 bits per heavy atom. The molecule has 0 atom stereocenters. The average Bonchev–Trinajstić information content (AvgIpc) is 2.77. The molecule has 2 aromatic carbocycles. The van der Waals surface area contributed by atoms with Gasteiger partial charge in [-0.05, 0) is 35.7 Å². The number of rotatable bonds is 4. The van der Waals surface area contributed by atoms with Crippen LogP contribution in [0.3, 0.4) is 0 Å². The zero-order chi connectivity index (χ0) is 20.4. The van der Waals surface area contributed by atoms with Gasteiger partial charge in [0.15, 0.2) is 11.5 Å². The Hall–Kier alpha value is -3.61. The van der Waals surface area contributed by atoms with Crippen LogP contribution in [-0.4, -0.2) is 41.5 Å². The number of ether oxygens (including phenoxy) is 2. The molecule has 0 radical (unpaired) electrons. The number of aromatic nitrogens is 2. The minimum absolute atomic E-state index is 0.229. The van der Waals surface area contributed by atoms with Crippen LogP contribution in [0.5, 0.6) is 11.5 Å². The van der Waals surface area contributed by atoms with Gasteiger partial charge in [0, 0.05) is 18.7 Å². The molecule has 1 aliphatic rings. The minimum atomic E-state index is -0.543. The molecule has 0 fully saturated rings. The van der Waals surface area contributed by atoms with E-state index in [0.29, 0.717) is 36.7 Å². The van der Waals surface area contributed by atoms with Crippen LogP contribution in [0, 0.1) is 0 Å². The van der Waals surface area contributed by atoms with E-state index in [1.807, 2.05) is 42.5 Å². The third kappa shape index (κ3) is 3.71. The summed E-state index contributed by atoms with van der Waals surface area (Å²) in [5.41, 5.74) is 3.07. The maximum Gasteiger partial charge on any atom is 0.346 e. The second kappa shape index (κ2) is 7.79. The molecule has 2 heterocycles. The van der Waals surface area contributed by atoms with Crippen molar-refractivity contribution in [2.75, 3.05) is 20.8 Å². The van der Waals surface area contributed by atoms with E-state index in [1.165, 1.54) is 0 Å². The van der Waals surface area contributed by atoms with Gasteiger partial charge in [0.1, 0.15) is 5.69 Å². The number of carbonyl (C=O) groups is 1. The van der Waals surface area contributed by atoms with Gasteiger partial charge in [-0.3, -0.25) is 4.79 Å². The van der Waals surface area contributed by atoms with Gasteiger partial charge < -0.3 is 19.4 Å². The number of nitrogens with one attached hydrogen (secondary N) is 1. The summed E-state index contributed by atoms with van der Waals surface area (Å²) in [6.45, 7) is 0.978. The summed E-state index contributed by atoms with van der Waals surface area (Å²) in [4.78, 5) is 33.4. The number of methoxy groups -OCH3 is 2. The van der Waals surface area contributed by atoms with E-state index in [-0.39, 0.29) is 11.6 Å². The standard InChI is InChI=1S/C22H21N3O4/c1-28-19-10-15-8-9-25(13-16(15)11-20(19)29-2)21(26)18-12-17(23-22(27)24-18)14-6-4-3-5-7-14/h3-7,10-12H,8-9,13H2,1-2H3,(H,23,24,27). The molecule has 0 aliphatic carbocycles. The fourth-order valence-corrected chi connectivity index (χ4v) is 3.56. The summed E-state index contributed by atoms with van der Waals surface area (Å²) >= 11 is 0. The molecule has 7 nitrogen and oxygen atoms in total. The highest BCUT2D eigenvalue weighted by Gasteiger charge is 2.24. The molecule has 0 bridgehead atoms. The number of hydrogen-bond acceptors (Lipinski definition) is 5. The highest BCUT2D eigenvalue weighted by molar-refractivity contribution is 5.93.